The molecule has 1 unspecified atom stereocenters. The van der Waals surface area contributed by atoms with E-state index in [0.29, 0.717) is 16.5 Å². The molecular weight excluding hydrogens is 274 g/mol. The maximum atomic E-state index is 6.31. The van der Waals surface area contributed by atoms with Crippen molar-refractivity contribution in [3.63, 3.8) is 0 Å². The summed E-state index contributed by atoms with van der Waals surface area (Å²) in [6, 6.07) is 4.17. The van der Waals surface area contributed by atoms with Gasteiger partial charge in [0.05, 0.1) is 19.2 Å². The monoisotopic (exact) mass is 299 g/mol. The van der Waals surface area contributed by atoms with E-state index >= 15 is 0 Å². The molecular formula is C16H26ClNO2. The zero-order chi connectivity index (χ0) is 15.3. The van der Waals surface area contributed by atoms with Gasteiger partial charge in [-0.05, 0) is 36.1 Å². The first-order valence-electron chi connectivity index (χ1n) is 7.00. The summed E-state index contributed by atoms with van der Waals surface area (Å²) in [5.74, 6) is 1.25. The molecule has 1 atom stereocenters. The van der Waals surface area contributed by atoms with E-state index in [2.05, 4.69) is 33.0 Å². The summed E-state index contributed by atoms with van der Waals surface area (Å²) in [5.41, 5.74) is 1.20. The highest BCUT2D eigenvalue weighted by atomic mass is 35.5. The van der Waals surface area contributed by atoms with Crippen molar-refractivity contribution < 1.29 is 9.47 Å². The Kier molecular flexibility index (Phi) is 6.15. The van der Waals surface area contributed by atoms with Crippen LogP contribution in [0.2, 0.25) is 5.02 Å². The van der Waals surface area contributed by atoms with E-state index in [4.69, 9.17) is 21.1 Å². The third kappa shape index (κ3) is 4.03. The molecule has 1 aromatic rings. The number of nitrogens with one attached hydrogen (secondary N) is 1. The molecule has 0 heterocycles. The molecule has 0 aliphatic rings. The van der Waals surface area contributed by atoms with Crippen LogP contribution in [-0.2, 0) is 0 Å². The summed E-state index contributed by atoms with van der Waals surface area (Å²) in [4.78, 5) is 0. The van der Waals surface area contributed by atoms with Crippen molar-refractivity contribution in [2.45, 2.75) is 40.2 Å². The van der Waals surface area contributed by atoms with Crippen LogP contribution >= 0.6 is 11.6 Å². The molecule has 3 nitrogen and oxygen atoms in total. The van der Waals surface area contributed by atoms with Gasteiger partial charge in [0.25, 0.3) is 0 Å². The van der Waals surface area contributed by atoms with Crippen LogP contribution in [0.3, 0.4) is 0 Å². The second kappa shape index (κ2) is 7.19. The Morgan fingerprint density at radius 2 is 1.85 bits per heavy atom. The highest BCUT2D eigenvalue weighted by Crippen LogP contribution is 2.41. The van der Waals surface area contributed by atoms with Crippen molar-refractivity contribution >= 4 is 11.6 Å². The number of rotatable bonds is 6. The van der Waals surface area contributed by atoms with E-state index in [1.165, 1.54) is 0 Å². The Morgan fingerprint density at radius 3 is 2.30 bits per heavy atom. The van der Waals surface area contributed by atoms with Gasteiger partial charge in [0.2, 0.25) is 0 Å². The molecule has 0 saturated heterocycles. The predicted octanol–water partition coefficient (Wildman–Crippen LogP) is 4.44. The molecule has 0 amide bonds. The molecule has 114 valence electrons. The average Bonchev–Trinajstić information content (AvgIpc) is 2.36. The van der Waals surface area contributed by atoms with Crippen LogP contribution in [0, 0.1) is 5.41 Å². The van der Waals surface area contributed by atoms with Gasteiger partial charge in [-0.2, -0.15) is 0 Å². The summed E-state index contributed by atoms with van der Waals surface area (Å²) >= 11 is 6.31. The molecule has 0 bridgehead atoms. The van der Waals surface area contributed by atoms with Crippen LogP contribution in [0.5, 0.6) is 11.5 Å². The lowest BCUT2D eigenvalue weighted by Gasteiger charge is -2.32. The second-order valence-corrected chi connectivity index (χ2v) is 6.40. The van der Waals surface area contributed by atoms with Crippen molar-refractivity contribution in [1.82, 2.24) is 5.32 Å². The van der Waals surface area contributed by atoms with E-state index in [9.17, 15) is 0 Å². The first-order valence-corrected chi connectivity index (χ1v) is 7.37. The Hall–Kier alpha value is -0.930. The van der Waals surface area contributed by atoms with Crippen LogP contribution in [0.15, 0.2) is 12.1 Å². The highest BCUT2D eigenvalue weighted by Gasteiger charge is 2.27. The molecule has 1 N–H and O–H groups in total. The fraction of sp³-hybridized carbons (Fsp3) is 0.625. The number of ether oxygens (including phenoxy) is 2. The van der Waals surface area contributed by atoms with E-state index < -0.39 is 0 Å². The summed E-state index contributed by atoms with van der Waals surface area (Å²) in [6.45, 7) is 9.77. The molecule has 0 fully saturated rings. The molecule has 0 aliphatic heterocycles. The van der Waals surface area contributed by atoms with Gasteiger partial charge in [-0.1, -0.05) is 39.3 Å². The normalized spacial score (nSPS) is 13.2. The lowest BCUT2D eigenvalue weighted by Crippen LogP contribution is -2.32. The maximum absolute atomic E-state index is 6.31. The van der Waals surface area contributed by atoms with Crippen LogP contribution in [0.25, 0.3) is 0 Å². The zero-order valence-corrected chi connectivity index (χ0v) is 14.1. The van der Waals surface area contributed by atoms with Crippen LogP contribution in [0.1, 0.15) is 45.7 Å². The predicted molar refractivity (Wildman–Crippen MR) is 85.0 cm³/mol. The van der Waals surface area contributed by atoms with Crippen molar-refractivity contribution in [2.24, 2.45) is 5.41 Å². The van der Waals surface area contributed by atoms with Gasteiger partial charge in [-0.25, -0.2) is 0 Å². The van der Waals surface area contributed by atoms with Crippen molar-refractivity contribution in [3.05, 3.63) is 22.7 Å². The minimum Gasteiger partial charge on any atom is -0.493 e. The summed E-state index contributed by atoms with van der Waals surface area (Å²) in [7, 11) is 3.23. The van der Waals surface area contributed by atoms with Gasteiger partial charge in [0, 0.05) is 6.04 Å². The number of benzene rings is 1. The fourth-order valence-electron chi connectivity index (χ4n) is 2.32. The molecule has 4 heteroatoms. The summed E-state index contributed by atoms with van der Waals surface area (Å²) in [5, 5.41) is 4.16. The van der Waals surface area contributed by atoms with E-state index in [-0.39, 0.29) is 11.5 Å². The lowest BCUT2D eigenvalue weighted by atomic mass is 9.82. The number of hydrogen-bond donors (Lipinski definition) is 1. The van der Waals surface area contributed by atoms with Crippen LogP contribution in [-0.4, -0.2) is 20.8 Å². The Labute approximate surface area is 127 Å². The third-order valence-electron chi connectivity index (χ3n) is 3.25. The average molecular weight is 300 g/mol. The van der Waals surface area contributed by atoms with Crippen molar-refractivity contribution in [1.29, 1.82) is 0 Å². The van der Waals surface area contributed by atoms with Gasteiger partial charge < -0.3 is 14.8 Å². The molecule has 0 aromatic heterocycles. The zero-order valence-electron chi connectivity index (χ0n) is 13.3. The topological polar surface area (TPSA) is 30.5 Å². The Balaban J connectivity index is 3.23. The standard InChI is InChI=1S/C16H26ClNO2/c1-7-8-18-15(16(2,3)4)11-9-12(17)14(20-6)13(10-11)19-5/h9-10,15,18H,7-8H2,1-6H3. The Bertz CT molecular complexity index is 441. The first kappa shape index (κ1) is 17.1. The molecule has 0 aliphatic carbocycles. The van der Waals surface area contributed by atoms with Gasteiger partial charge in [0.15, 0.2) is 11.5 Å². The number of methoxy groups -OCH3 is 2. The van der Waals surface area contributed by atoms with Crippen LogP contribution in [0.4, 0.5) is 0 Å². The molecule has 20 heavy (non-hydrogen) atoms. The molecule has 1 rings (SSSR count). The third-order valence-corrected chi connectivity index (χ3v) is 3.53. The minimum atomic E-state index is 0.0814. The molecule has 0 radical (unpaired) electrons. The lowest BCUT2D eigenvalue weighted by molar-refractivity contribution is 0.272. The minimum absolute atomic E-state index is 0.0814. The van der Waals surface area contributed by atoms with E-state index in [0.717, 1.165) is 18.5 Å². The highest BCUT2D eigenvalue weighted by molar-refractivity contribution is 6.32. The largest absolute Gasteiger partial charge is 0.493 e. The second-order valence-electron chi connectivity index (χ2n) is 5.99. The maximum Gasteiger partial charge on any atom is 0.179 e. The van der Waals surface area contributed by atoms with Gasteiger partial charge in [-0.15, -0.1) is 0 Å². The molecule has 0 saturated carbocycles. The van der Waals surface area contributed by atoms with Gasteiger partial charge >= 0.3 is 0 Å². The number of halogens is 1. The molecule has 1 aromatic carbocycles. The Morgan fingerprint density at radius 1 is 1.20 bits per heavy atom. The fourth-order valence-corrected chi connectivity index (χ4v) is 2.61. The van der Waals surface area contributed by atoms with Crippen LogP contribution < -0.4 is 14.8 Å². The van der Waals surface area contributed by atoms with Crippen molar-refractivity contribution in [2.75, 3.05) is 20.8 Å². The van der Waals surface area contributed by atoms with Crippen molar-refractivity contribution in [3.8, 4) is 11.5 Å². The van der Waals surface area contributed by atoms with Gasteiger partial charge in [0.1, 0.15) is 0 Å². The van der Waals surface area contributed by atoms with E-state index in [1.807, 2.05) is 12.1 Å². The summed E-state index contributed by atoms with van der Waals surface area (Å²) < 4.78 is 10.7. The molecule has 0 spiro atoms. The quantitative estimate of drug-likeness (QED) is 0.842. The SMILES string of the molecule is CCCNC(c1cc(Cl)c(OC)c(OC)c1)C(C)(C)C. The first-order chi connectivity index (χ1) is 9.35. The van der Waals surface area contributed by atoms with Gasteiger partial charge in [-0.3, -0.25) is 0 Å². The smallest absolute Gasteiger partial charge is 0.179 e. The van der Waals surface area contributed by atoms with E-state index in [1.54, 1.807) is 14.2 Å². The number of hydrogen-bond acceptors (Lipinski definition) is 3. The summed E-state index contributed by atoms with van der Waals surface area (Å²) in [6.07, 6.45) is 1.09.